The lowest BCUT2D eigenvalue weighted by Crippen LogP contribution is -2.35. The summed E-state index contributed by atoms with van der Waals surface area (Å²) in [5.41, 5.74) is -0.423. The van der Waals surface area contributed by atoms with E-state index in [-0.39, 0.29) is 12.3 Å². The van der Waals surface area contributed by atoms with Crippen LogP contribution >= 0.6 is 0 Å². The maximum atomic E-state index is 12.3. The average molecular weight is 296 g/mol. The summed E-state index contributed by atoms with van der Waals surface area (Å²) >= 11 is 0. The maximum Gasteiger partial charge on any atom is 0.313 e. The van der Waals surface area contributed by atoms with Gasteiger partial charge in [-0.25, -0.2) is 0 Å². The molecule has 2 aliphatic carbocycles. The lowest BCUT2D eigenvalue weighted by molar-refractivity contribution is -0.207. The summed E-state index contributed by atoms with van der Waals surface area (Å²) in [6.45, 7) is 10.2. The van der Waals surface area contributed by atoms with Crippen LogP contribution < -0.4 is 0 Å². The van der Waals surface area contributed by atoms with E-state index in [0.717, 1.165) is 25.2 Å². The van der Waals surface area contributed by atoms with Gasteiger partial charge in [-0.2, -0.15) is 0 Å². The molecule has 3 heteroatoms. The fourth-order valence-electron chi connectivity index (χ4n) is 3.49. The van der Waals surface area contributed by atoms with Gasteiger partial charge in [0, 0.05) is 6.42 Å². The summed E-state index contributed by atoms with van der Waals surface area (Å²) in [6, 6.07) is 0. The summed E-state index contributed by atoms with van der Waals surface area (Å²) < 4.78 is 11.9. The highest BCUT2D eigenvalue weighted by atomic mass is 16.7. The molecular weight excluding hydrogens is 264 g/mol. The van der Waals surface area contributed by atoms with Crippen LogP contribution in [0, 0.1) is 23.2 Å². The van der Waals surface area contributed by atoms with E-state index in [2.05, 4.69) is 13.8 Å². The molecule has 0 spiro atoms. The van der Waals surface area contributed by atoms with Crippen molar-refractivity contribution in [2.75, 3.05) is 0 Å². The minimum absolute atomic E-state index is 0.126. The Balaban J connectivity index is 1.93. The van der Waals surface area contributed by atoms with Crippen LogP contribution in [0.25, 0.3) is 0 Å². The van der Waals surface area contributed by atoms with Gasteiger partial charge >= 0.3 is 5.97 Å². The van der Waals surface area contributed by atoms with Crippen LogP contribution in [0.1, 0.15) is 73.1 Å². The molecule has 2 rings (SSSR count). The molecule has 2 bridgehead atoms. The van der Waals surface area contributed by atoms with Crippen LogP contribution in [0.5, 0.6) is 0 Å². The number of fused-ring (bicyclic) bond motifs is 2. The van der Waals surface area contributed by atoms with Crippen molar-refractivity contribution in [3.8, 4) is 0 Å². The van der Waals surface area contributed by atoms with Crippen molar-refractivity contribution in [2.45, 2.75) is 85.5 Å². The molecule has 4 atom stereocenters. The van der Waals surface area contributed by atoms with Crippen LogP contribution in [0.4, 0.5) is 0 Å². The molecule has 0 amide bonds. The standard InChI is InChI=1S/C18H32O3/c1-6-18(4,5)17(19)21-16(9-12(2)3)20-15-11-13-7-8-14(15)10-13/h12-16H,6-11H2,1-5H3. The van der Waals surface area contributed by atoms with Gasteiger partial charge in [0.15, 0.2) is 0 Å². The van der Waals surface area contributed by atoms with Gasteiger partial charge in [-0.3, -0.25) is 4.79 Å². The number of ether oxygens (including phenoxy) is 2. The second kappa shape index (κ2) is 6.68. The van der Waals surface area contributed by atoms with E-state index in [1.54, 1.807) is 0 Å². The normalized spacial score (nSPS) is 29.9. The molecule has 0 N–H and O–H groups in total. The van der Waals surface area contributed by atoms with Gasteiger partial charge < -0.3 is 9.47 Å². The number of carbonyl (C=O) groups excluding carboxylic acids is 1. The van der Waals surface area contributed by atoms with Crippen molar-refractivity contribution in [1.29, 1.82) is 0 Å². The van der Waals surface area contributed by atoms with Crippen LogP contribution in [-0.4, -0.2) is 18.4 Å². The molecule has 2 aliphatic rings. The molecule has 0 aromatic heterocycles. The Bertz CT molecular complexity index is 361. The van der Waals surface area contributed by atoms with Crippen LogP contribution in [0.3, 0.4) is 0 Å². The number of esters is 1. The van der Waals surface area contributed by atoms with Crippen LogP contribution in [-0.2, 0) is 14.3 Å². The van der Waals surface area contributed by atoms with Crippen LogP contribution in [0.15, 0.2) is 0 Å². The SMILES string of the molecule is CCC(C)(C)C(=O)OC(CC(C)C)OC1CC2CCC1C2. The summed E-state index contributed by atoms with van der Waals surface area (Å²) in [5.74, 6) is 1.88. The van der Waals surface area contributed by atoms with Gasteiger partial charge in [-0.15, -0.1) is 0 Å². The van der Waals surface area contributed by atoms with Crippen molar-refractivity contribution >= 4 is 5.97 Å². The Hall–Kier alpha value is -0.570. The molecule has 0 aromatic carbocycles. The van der Waals surface area contributed by atoms with E-state index >= 15 is 0 Å². The Morgan fingerprint density at radius 1 is 1.24 bits per heavy atom. The smallest absolute Gasteiger partial charge is 0.313 e. The zero-order valence-electron chi connectivity index (χ0n) is 14.4. The third-order valence-electron chi connectivity index (χ3n) is 5.34. The highest BCUT2D eigenvalue weighted by Gasteiger charge is 2.42. The third kappa shape index (κ3) is 4.21. The predicted octanol–water partition coefficient (Wildman–Crippen LogP) is 4.54. The zero-order chi connectivity index (χ0) is 15.6. The summed E-state index contributed by atoms with van der Waals surface area (Å²) in [5, 5.41) is 0. The molecule has 21 heavy (non-hydrogen) atoms. The first-order chi connectivity index (χ1) is 9.81. The lowest BCUT2D eigenvalue weighted by atomic mass is 9.90. The number of rotatable bonds is 7. The van der Waals surface area contributed by atoms with E-state index in [0.29, 0.717) is 17.9 Å². The quantitative estimate of drug-likeness (QED) is 0.511. The summed E-state index contributed by atoms with van der Waals surface area (Å²) in [7, 11) is 0. The van der Waals surface area contributed by atoms with Gasteiger partial charge in [-0.05, 0) is 63.7 Å². The molecule has 4 unspecified atom stereocenters. The first-order valence-electron chi connectivity index (χ1n) is 8.68. The Morgan fingerprint density at radius 3 is 2.43 bits per heavy atom. The molecular formula is C18H32O3. The molecule has 2 saturated carbocycles. The van der Waals surface area contributed by atoms with Crippen molar-refractivity contribution in [3.63, 3.8) is 0 Å². The van der Waals surface area contributed by atoms with Crippen molar-refractivity contribution in [3.05, 3.63) is 0 Å². The first-order valence-corrected chi connectivity index (χ1v) is 8.68. The third-order valence-corrected chi connectivity index (χ3v) is 5.34. The van der Waals surface area contributed by atoms with Gasteiger partial charge in [0.05, 0.1) is 11.5 Å². The van der Waals surface area contributed by atoms with Gasteiger partial charge in [0.1, 0.15) is 0 Å². The van der Waals surface area contributed by atoms with Crippen molar-refractivity contribution in [1.82, 2.24) is 0 Å². The maximum absolute atomic E-state index is 12.3. The van der Waals surface area contributed by atoms with E-state index in [4.69, 9.17) is 9.47 Å². The van der Waals surface area contributed by atoms with Gasteiger partial charge in [-0.1, -0.05) is 20.8 Å². The molecule has 2 fully saturated rings. The van der Waals surface area contributed by atoms with E-state index in [9.17, 15) is 4.79 Å². The highest BCUT2D eigenvalue weighted by Crippen LogP contribution is 2.46. The highest BCUT2D eigenvalue weighted by molar-refractivity contribution is 5.75. The number of hydrogen-bond acceptors (Lipinski definition) is 3. The predicted molar refractivity (Wildman–Crippen MR) is 83.7 cm³/mol. The van der Waals surface area contributed by atoms with E-state index in [1.807, 2.05) is 20.8 Å². The molecule has 122 valence electrons. The molecule has 3 nitrogen and oxygen atoms in total. The lowest BCUT2D eigenvalue weighted by Gasteiger charge is -2.30. The largest absolute Gasteiger partial charge is 0.435 e. The van der Waals surface area contributed by atoms with Crippen molar-refractivity contribution in [2.24, 2.45) is 23.2 Å². The fourth-order valence-corrected chi connectivity index (χ4v) is 3.49. The topological polar surface area (TPSA) is 35.5 Å². The summed E-state index contributed by atoms with van der Waals surface area (Å²) in [6.07, 6.45) is 6.65. The minimum atomic E-state index is -0.423. The van der Waals surface area contributed by atoms with Gasteiger partial charge in [0.25, 0.3) is 0 Å². The fraction of sp³-hybridized carbons (Fsp3) is 0.944. The minimum Gasteiger partial charge on any atom is -0.435 e. The van der Waals surface area contributed by atoms with E-state index in [1.165, 1.54) is 19.3 Å². The first kappa shape index (κ1) is 16.8. The second-order valence-corrected chi connectivity index (χ2v) is 8.05. The molecule has 0 aromatic rings. The molecule has 0 heterocycles. The molecule has 0 radical (unpaired) electrons. The molecule has 0 aliphatic heterocycles. The monoisotopic (exact) mass is 296 g/mol. The van der Waals surface area contributed by atoms with Crippen molar-refractivity contribution < 1.29 is 14.3 Å². The van der Waals surface area contributed by atoms with E-state index < -0.39 is 5.41 Å². The van der Waals surface area contributed by atoms with Gasteiger partial charge in [0.2, 0.25) is 6.29 Å². The average Bonchev–Trinajstić information content (AvgIpc) is 3.00. The Morgan fingerprint density at radius 2 is 1.95 bits per heavy atom. The number of hydrogen-bond donors (Lipinski definition) is 0. The number of carbonyl (C=O) groups is 1. The Kier molecular flexibility index (Phi) is 5.34. The van der Waals surface area contributed by atoms with Crippen LogP contribution in [0.2, 0.25) is 0 Å². The zero-order valence-corrected chi connectivity index (χ0v) is 14.4. The molecule has 0 saturated heterocycles. The second-order valence-electron chi connectivity index (χ2n) is 8.05. The summed E-state index contributed by atoms with van der Waals surface area (Å²) in [4.78, 5) is 12.3. The Labute approximate surface area is 129 Å².